The maximum absolute atomic E-state index is 2.49. The van der Waals surface area contributed by atoms with Crippen molar-refractivity contribution in [2.45, 2.75) is 111 Å². The van der Waals surface area contributed by atoms with E-state index in [1.807, 2.05) is 0 Å². The molecule has 0 radical (unpaired) electrons. The smallest absolute Gasteiger partial charge is 0.0193 e. The third kappa shape index (κ3) is 7.67. The first-order chi connectivity index (χ1) is 14.9. The van der Waals surface area contributed by atoms with Gasteiger partial charge in [0.15, 0.2) is 0 Å². The van der Waals surface area contributed by atoms with E-state index in [2.05, 4.69) is 113 Å². The quantitative estimate of drug-likeness (QED) is 0.304. The molecule has 0 nitrogen and oxygen atoms in total. The molecule has 2 aromatic rings. The van der Waals surface area contributed by atoms with Gasteiger partial charge < -0.3 is 0 Å². The zero-order valence-electron chi connectivity index (χ0n) is 22.5. The Morgan fingerprint density at radius 3 is 0.875 bits per heavy atom. The Kier molecular flexibility index (Phi) is 10.4. The van der Waals surface area contributed by atoms with Crippen LogP contribution in [0.25, 0.3) is 0 Å². The molecule has 178 valence electrons. The second-order valence-corrected chi connectivity index (χ2v) is 14.7. The van der Waals surface area contributed by atoms with Crippen LogP contribution in [0.15, 0.2) is 36.4 Å². The van der Waals surface area contributed by atoms with Gasteiger partial charge in [-0.25, -0.2) is 0 Å². The van der Waals surface area contributed by atoms with Crippen molar-refractivity contribution in [3.63, 3.8) is 0 Å². The average Bonchev–Trinajstić information content (AvgIpc) is 2.72. The van der Waals surface area contributed by atoms with Gasteiger partial charge in [-0.2, -0.15) is 0 Å². The van der Waals surface area contributed by atoms with Gasteiger partial charge in [-0.15, -0.1) is 0 Å². The zero-order valence-corrected chi connectivity index (χ0v) is 24.5. The van der Waals surface area contributed by atoms with E-state index in [1.54, 1.807) is 10.6 Å². The van der Waals surface area contributed by atoms with Crippen LogP contribution in [0.4, 0.5) is 0 Å². The van der Waals surface area contributed by atoms with Crippen LogP contribution in [-0.2, 0) is 0 Å². The van der Waals surface area contributed by atoms with Crippen LogP contribution in [0, 0.1) is 5.92 Å². The van der Waals surface area contributed by atoms with E-state index in [-0.39, 0.29) is 0 Å². The SMILES string of the molecule is CC(C)c1cc(PC(C)C(C)C(C)Pc2cc(C(C)C)cc(C(C)C)c2)cc(C(C)C)c1. The summed E-state index contributed by atoms with van der Waals surface area (Å²) in [5.41, 5.74) is 7.41. The Hall–Kier alpha value is -0.700. The fraction of sp³-hybridized carbons (Fsp3) is 0.600. The summed E-state index contributed by atoms with van der Waals surface area (Å²) in [6, 6.07) is 14.8. The molecule has 0 saturated heterocycles. The topological polar surface area (TPSA) is 0 Å². The predicted octanol–water partition coefficient (Wildman–Crippen LogP) is 8.90. The number of hydrogen-bond acceptors (Lipinski definition) is 0. The number of rotatable bonds is 10. The Balaban J connectivity index is 2.17. The van der Waals surface area contributed by atoms with Gasteiger partial charge >= 0.3 is 0 Å². The maximum atomic E-state index is 2.49. The van der Waals surface area contributed by atoms with Crippen molar-refractivity contribution in [2.24, 2.45) is 5.92 Å². The van der Waals surface area contributed by atoms with Crippen molar-refractivity contribution in [1.29, 1.82) is 0 Å². The molecule has 0 aliphatic carbocycles. The Morgan fingerprint density at radius 2 is 0.656 bits per heavy atom. The highest BCUT2D eigenvalue weighted by Gasteiger charge is 2.21. The minimum absolute atomic E-state index is 0.591. The first-order valence-electron chi connectivity index (χ1n) is 12.7. The lowest BCUT2D eigenvalue weighted by Gasteiger charge is -2.27. The molecule has 0 spiro atoms. The largest absolute Gasteiger partial charge is 0.0872 e. The van der Waals surface area contributed by atoms with Crippen molar-refractivity contribution in [1.82, 2.24) is 0 Å². The van der Waals surface area contributed by atoms with E-state index in [0.29, 0.717) is 40.9 Å². The van der Waals surface area contributed by atoms with Gasteiger partial charge in [0.2, 0.25) is 0 Å². The molecule has 0 N–H and O–H groups in total. The lowest BCUT2D eigenvalue weighted by Crippen LogP contribution is -2.23. The molecule has 0 bridgehead atoms. The van der Waals surface area contributed by atoms with Crippen LogP contribution in [-0.4, -0.2) is 11.3 Å². The first-order valence-corrected chi connectivity index (χ1v) is 14.9. The summed E-state index contributed by atoms with van der Waals surface area (Å²) in [5, 5.41) is 3.11. The molecule has 0 fully saturated rings. The van der Waals surface area contributed by atoms with Gasteiger partial charge in [-0.1, -0.05) is 130 Å². The van der Waals surface area contributed by atoms with Crippen LogP contribution < -0.4 is 10.6 Å². The van der Waals surface area contributed by atoms with E-state index in [0.717, 1.165) is 17.2 Å². The first kappa shape index (κ1) is 27.5. The van der Waals surface area contributed by atoms with E-state index in [9.17, 15) is 0 Å². The van der Waals surface area contributed by atoms with Crippen molar-refractivity contribution in [2.75, 3.05) is 0 Å². The molecule has 2 heteroatoms. The molecule has 0 amide bonds. The van der Waals surface area contributed by atoms with Gasteiger partial charge in [0.25, 0.3) is 0 Å². The lowest BCUT2D eigenvalue weighted by atomic mass is 9.96. The molecule has 0 saturated carbocycles. The summed E-state index contributed by atoms with van der Waals surface area (Å²) in [7, 11) is 1.76. The van der Waals surface area contributed by atoms with E-state index >= 15 is 0 Å². The van der Waals surface area contributed by atoms with Crippen LogP contribution in [0.5, 0.6) is 0 Å². The van der Waals surface area contributed by atoms with Gasteiger partial charge in [0.05, 0.1) is 0 Å². The molecule has 0 aliphatic rings. The second kappa shape index (κ2) is 12.1. The summed E-state index contributed by atoms with van der Waals surface area (Å²) in [5.74, 6) is 3.08. The summed E-state index contributed by atoms with van der Waals surface area (Å²) in [4.78, 5) is 0. The monoisotopic (exact) mass is 470 g/mol. The van der Waals surface area contributed by atoms with Gasteiger partial charge in [0.1, 0.15) is 0 Å². The van der Waals surface area contributed by atoms with Gasteiger partial charge in [0, 0.05) is 0 Å². The van der Waals surface area contributed by atoms with Crippen LogP contribution in [0.2, 0.25) is 0 Å². The Labute approximate surface area is 203 Å². The third-order valence-corrected chi connectivity index (χ3v) is 10.2. The van der Waals surface area contributed by atoms with Gasteiger partial charge in [-0.05, 0) is 73.8 Å². The summed E-state index contributed by atoms with van der Waals surface area (Å²) in [6.07, 6.45) is 0. The lowest BCUT2D eigenvalue weighted by molar-refractivity contribution is 0.568. The van der Waals surface area contributed by atoms with Crippen molar-refractivity contribution >= 4 is 27.8 Å². The molecule has 2 rings (SSSR count). The molecule has 4 unspecified atom stereocenters. The Morgan fingerprint density at radius 1 is 0.406 bits per heavy atom. The van der Waals surface area contributed by atoms with E-state index in [4.69, 9.17) is 0 Å². The van der Waals surface area contributed by atoms with Crippen LogP contribution in [0.1, 0.15) is 122 Å². The molecular formula is C30H48P2. The average molecular weight is 471 g/mol. The standard InChI is InChI=1S/C30H48P2/c1-18(2)25-12-26(19(3)4)15-29(14-25)31-23(10)22(9)24(11)32-30-16-27(20(5)6)13-28(17-30)21(7)8/h12-24,31-32H,1-11H3. The maximum Gasteiger partial charge on any atom is -0.0193 e. The summed E-state index contributed by atoms with van der Waals surface area (Å²) < 4.78 is 0. The molecule has 0 aliphatic heterocycles. The normalized spacial score (nSPS) is 15.8. The molecule has 0 aromatic heterocycles. The van der Waals surface area contributed by atoms with Crippen LogP contribution >= 0.6 is 17.2 Å². The summed E-state index contributed by atoms with van der Waals surface area (Å²) >= 11 is 0. The molecule has 4 atom stereocenters. The molecular weight excluding hydrogens is 422 g/mol. The Bertz CT molecular complexity index is 739. The minimum Gasteiger partial charge on any atom is -0.0872 e. The van der Waals surface area contributed by atoms with Crippen molar-refractivity contribution in [3.8, 4) is 0 Å². The highest BCUT2D eigenvalue weighted by Crippen LogP contribution is 2.36. The third-order valence-electron chi connectivity index (χ3n) is 6.99. The summed E-state index contributed by atoms with van der Waals surface area (Å²) in [6.45, 7) is 26.0. The highest BCUT2D eigenvalue weighted by molar-refractivity contribution is 7.49. The zero-order chi connectivity index (χ0) is 24.2. The fourth-order valence-electron chi connectivity index (χ4n) is 4.07. The van der Waals surface area contributed by atoms with Crippen molar-refractivity contribution in [3.05, 3.63) is 58.7 Å². The number of benzene rings is 2. The van der Waals surface area contributed by atoms with Crippen LogP contribution in [0.3, 0.4) is 0 Å². The molecule has 2 aromatic carbocycles. The second-order valence-electron chi connectivity index (χ2n) is 11.1. The highest BCUT2D eigenvalue weighted by atomic mass is 31.1. The number of hydrogen-bond donors (Lipinski definition) is 0. The van der Waals surface area contributed by atoms with E-state index < -0.39 is 0 Å². The molecule has 32 heavy (non-hydrogen) atoms. The minimum atomic E-state index is 0.591. The van der Waals surface area contributed by atoms with E-state index in [1.165, 1.54) is 22.3 Å². The van der Waals surface area contributed by atoms with Gasteiger partial charge in [-0.3, -0.25) is 0 Å². The molecule has 0 heterocycles. The van der Waals surface area contributed by atoms with Crippen molar-refractivity contribution < 1.29 is 0 Å². The predicted molar refractivity (Wildman–Crippen MR) is 153 cm³/mol. The fourth-order valence-corrected chi connectivity index (χ4v) is 7.42.